The number of amides is 1. The SMILES string of the molecule is O=C(Nc1ccc(Cn2cncn2)cc1)[C@@H]1C2CCC(CC2)[C@@H]1C(=O)O. The van der Waals surface area contributed by atoms with Crippen molar-refractivity contribution in [2.24, 2.45) is 23.7 Å². The zero-order valence-corrected chi connectivity index (χ0v) is 14.4. The fraction of sp³-hybridized carbons (Fsp3) is 0.474. The van der Waals surface area contributed by atoms with Crippen LogP contribution in [0.1, 0.15) is 31.2 Å². The molecule has 0 saturated heterocycles. The molecule has 0 unspecified atom stereocenters. The van der Waals surface area contributed by atoms with Crippen molar-refractivity contribution >= 4 is 17.6 Å². The van der Waals surface area contributed by atoms with Crippen LogP contribution in [0.3, 0.4) is 0 Å². The number of nitrogens with one attached hydrogen (secondary N) is 1. The van der Waals surface area contributed by atoms with E-state index < -0.39 is 17.8 Å². The van der Waals surface area contributed by atoms with Gasteiger partial charge in [-0.15, -0.1) is 0 Å². The van der Waals surface area contributed by atoms with Gasteiger partial charge < -0.3 is 10.4 Å². The molecule has 1 aromatic heterocycles. The molecule has 2 N–H and O–H groups in total. The zero-order valence-electron chi connectivity index (χ0n) is 14.4. The van der Waals surface area contributed by atoms with Gasteiger partial charge in [-0.25, -0.2) is 9.67 Å². The second-order valence-corrected chi connectivity index (χ2v) is 7.34. The number of benzene rings is 1. The van der Waals surface area contributed by atoms with Gasteiger partial charge >= 0.3 is 5.97 Å². The van der Waals surface area contributed by atoms with Gasteiger partial charge in [0.15, 0.2) is 0 Å². The van der Waals surface area contributed by atoms with Gasteiger partial charge in [0.05, 0.1) is 18.4 Å². The predicted octanol–water partition coefficient (Wildman–Crippen LogP) is 2.40. The second kappa shape index (κ2) is 6.90. The van der Waals surface area contributed by atoms with E-state index in [-0.39, 0.29) is 17.7 Å². The monoisotopic (exact) mass is 354 g/mol. The van der Waals surface area contributed by atoms with Gasteiger partial charge in [-0.05, 0) is 55.2 Å². The largest absolute Gasteiger partial charge is 0.481 e. The number of hydrogen-bond donors (Lipinski definition) is 2. The van der Waals surface area contributed by atoms with Crippen LogP contribution in [-0.2, 0) is 16.1 Å². The third-order valence-corrected chi connectivity index (χ3v) is 5.84. The number of nitrogens with zero attached hydrogens (tertiary/aromatic N) is 3. The van der Waals surface area contributed by atoms with Crippen molar-refractivity contribution in [1.82, 2.24) is 14.8 Å². The zero-order chi connectivity index (χ0) is 18.1. The van der Waals surface area contributed by atoms with Gasteiger partial charge in [-0.2, -0.15) is 5.10 Å². The van der Waals surface area contributed by atoms with Crippen molar-refractivity contribution in [2.45, 2.75) is 32.2 Å². The van der Waals surface area contributed by atoms with E-state index in [0.29, 0.717) is 12.2 Å². The number of carboxylic acid groups (broad SMARTS) is 1. The maximum Gasteiger partial charge on any atom is 0.307 e. The van der Waals surface area contributed by atoms with Crippen LogP contribution in [0.5, 0.6) is 0 Å². The number of carbonyl (C=O) groups excluding carboxylic acids is 1. The highest BCUT2D eigenvalue weighted by Gasteiger charge is 2.50. The van der Waals surface area contributed by atoms with Crippen molar-refractivity contribution in [3.05, 3.63) is 42.5 Å². The first kappa shape index (κ1) is 16.8. The lowest BCUT2D eigenvalue weighted by atomic mass is 9.58. The van der Waals surface area contributed by atoms with Gasteiger partial charge in [0.1, 0.15) is 12.7 Å². The first-order valence-electron chi connectivity index (χ1n) is 9.07. The Morgan fingerprint density at radius 1 is 1.08 bits per heavy atom. The Kier molecular flexibility index (Phi) is 4.44. The number of carbonyl (C=O) groups is 2. The molecule has 136 valence electrons. The van der Waals surface area contributed by atoms with Crippen molar-refractivity contribution in [1.29, 1.82) is 0 Å². The summed E-state index contributed by atoms with van der Waals surface area (Å²) in [7, 11) is 0. The standard InChI is InChI=1S/C19H22N4O3/c24-18(16-13-3-5-14(6-4-13)17(16)19(25)26)22-15-7-1-12(2-8-15)9-23-11-20-10-21-23/h1-2,7-8,10-11,13-14,16-17H,3-6,9H2,(H,22,24)(H,25,26)/t13?,14?,16-,17+/m1/s1. The molecule has 2 bridgehead atoms. The first-order valence-corrected chi connectivity index (χ1v) is 9.07. The minimum absolute atomic E-state index is 0.137. The highest BCUT2D eigenvalue weighted by atomic mass is 16.4. The Hall–Kier alpha value is -2.70. The van der Waals surface area contributed by atoms with Crippen molar-refractivity contribution < 1.29 is 14.7 Å². The third kappa shape index (κ3) is 3.21. The van der Waals surface area contributed by atoms with E-state index in [1.807, 2.05) is 24.3 Å². The minimum atomic E-state index is -0.831. The molecule has 7 nitrogen and oxygen atoms in total. The normalized spacial score (nSPS) is 27.2. The summed E-state index contributed by atoms with van der Waals surface area (Å²) in [6.45, 7) is 0.613. The highest BCUT2D eigenvalue weighted by Crippen LogP contribution is 2.49. The fourth-order valence-electron chi connectivity index (χ4n) is 4.60. The fourth-order valence-corrected chi connectivity index (χ4v) is 4.60. The molecule has 26 heavy (non-hydrogen) atoms. The molecule has 1 aromatic carbocycles. The molecule has 3 fully saturated rings. The van der Waals surface area contributed by atoms with Crippen molar-refractivity contribution in [3.8, 4) is 0 Å². The van der Waals surface area contributed by atoms with Crippen LogP contribution in [0.25, 0.3) is 0 Å². The average molecular weight is 354 g/mol. The van der Waals surface area contributed by atoms with Crippen molar-refractivity contribution in [3.63, 3.8) is 0 Å². The lowest BCUT2D eigenvalue weighted by Crippen LogP contribution is -2.49. The molecule has 3 aliphatic carbocycles. The van der Waals surface area contributed by atoms with Crippen LogP contribution in [-0.4, -0.2) is 31.7 Å². The lowest BCUT2D eigenvalue weighted by molar-refractivity contribution is -0.156. The smallest absolute Gasteiger partial charge is 0.307 e. The summed E-state index contributed by atoms with van der Waals surface area (Å²) in [6, 6.07) is 7.56. The Labute approximate surface area is 151 Å². The summed E-state index contributed by atoms with van der Waals surface area (Å²) < 4.78 is 1.73. The average Bonchev–Trinajstić information content (AvgIpc) is 3.16. The van der Waals surface area contributed by atoms with E-state index in [1.165, 1.54) is 6.33 Å². The molecule has 1 amide bonds. The summed E-state index contributed by atoms with van der Waals surface area (Å²) in [5, 5.41) is 16.6. The van der Waals surface area contributed by atoms with Crippen molar-refractivity contribution in [2.75, 3.05) is 5.32 Å². The minimum Gasteiger partial charge on any atom is -0.481 e. The second-order valence-electron chi connectivity index (χ2n) is 7.34. The summed E-state index contributed by atoms with van der Waals surface area (Å²) >= 11 is 0. The summed E-state index contributed by atoms with van der Waals surface area (Å²) in [5.74, 6) is -1.63. The molecule has 3 saturated carbocycles. The van der Waals surface area contributed by atoms with E-state index in [2.05, 4.69) is 15.4 Å². The molecule has 0 aliphatic heterocycles. The Morgan fingerprint density at radius 3 is 2.31 bits per heavy atom. The third-order valence-electron chi connectivity index (χ3n) is 5.84. The molecule has 0 spiro atoms. The molecule has 0 radical (unpaired) electrons. The number of rotatable bonds is 5. The highest BCUT2D eigenvalue weighted by molar-refractivity contribution is 5.95. The van der Waals surface area contributed by atoms with E-state index in [0.717, 1.165) is 31.2 Å². The molecular formula is C19H22N4O3. The van der Waals surface area contributed by atoms with E-state index in [4.69, 9.17) is 0 Å². The van der Waals surface area contributed by atoms with Gasteiger partial charge in [0.2, 0.25) is 5.91 Å². The molecule has 7 heteroatoms. The van der Waals surface area contributed by atoms with Gasteiger partial charge in [0.25, 0.3) is 0 Å². The van der Waals surface area contributed by atoms with Crippen LogP contribution < -0.4 is 5.32 Å². The summed E-state index contributed by atoms with van der Waals surface area (Å²) in [4.78, 5) is 28.4. The van der Waals surface area contributed by atoms with E-state index in [9.17, 15) is 14.7 Å². The van der Waals surface area contributed by atoms with E-state index in [1.54, 1.807) is 11.0 Å². The van der Waals surface area contributed by atoms with Gasteiger partial charge in [-0.1, -0.05) is 12.1 Å². The summed E-state index contributed by atoms with van der Waals surface area (Å²) in [5.41, 5.74) is 1.75. The van der Waals surface area contributed by atoms with Crippen LogP contribution in [0.2, 0.25) is 0 Å². The predicted molar refractivity (Wildman–Crippen MR) is 94.3 cm³/mol. The summed E-state index contributed by atoms with van der Waals surface area (Å²) in [6.07, 6.45) is 6.93. The molecule has 5 rings (SSSR count). The topological polar surface area (TPSA) is 97.1 Å². The number of anilines is 1. The lowest BCUT2D eigenvalue weighted by Gasteiger charge is -2.45. The van der Waals surface area contributed by atoms with E-state index >= 15 is 0 Å². The maximum atomic E-state index is 12.8. The molecule has 1 heterocycles. The quantitative estimate of drug-likeness (QED) is 0.859. The van der Waals surface area contributed by atoms with Gasteiger partial charge in [-0.3, -0.25) is 9.59 Å². The molecule has 3 aliphatic rings. The van der Waals surface area contributed by atoms with Gasteiger partial charge in [0, 0.05) is 5.69 Å². The maximum absolute atomic E-state index is 12.8. The molecule has 2 aromatic rings. The number of aliphatic carboxylic acids is 1. The number of aromatic nitrogens is 3. The number of fused-ring (bicyclic) bond motifs is 3. The molecular weight excluding hydrogens is 332 g/mol. The van der Waals surface area contributed by atoms with Crippen LogP contribution >= 0.6 is 0 Å². The van der Waals surface area contributed by atoms with Crippen LogP contribution in [0.15, 0.2) is 36.9 Å². The number of hydrogen-bond acceptors (Lipinski definition) is 4. The Bertz CT molecular complexity index is 780. The Balaban J connectivity index is 1.44. The molecule has 2 atom stereocenters. The Morgan fingerprint density at radius 2 is 1.73 bits per heavy atom. The number of carboxylic acids is 1. The first-order chi connectivity index (χ1) is 12.6. The van der Waals surface area contributed by atoms with Crippen LogP contribution in [0.4, 0.5) is 5.69 Å². The van der Waals surface area contributed by atoms with Crippen LogP contribution in [0, 0.1) is 23.7 Å².